The molecular formula is C17H31N3. The minimum Gasteiger partial charge on any atom is -0.313 e. The molecule has 20 heavy (non-hydrogen) atoms. The van der Waals surface area contributed by atoms with Crippen molar-refractivity contribution in [3.63, 3.8) is 0 Å². The Morgan fingerprint density at radius 1 is 1.15 bits per heavy atom. The molecule has 1 rings (SSSR count). The van der Waals surface area contributed by atoms with Gasteiger partial charge in [-0.25, -0.2) is 0 Å². The predicted octanol–water partition coefficient (Wildman–Crippen LogP) is 2.61. The van der Waals surface area contributed by atoms with Crippen LogP contribution in [-0.2, 0) is 0 Å². The summed E-state index contributed by atoms with van der Waals surface area (Å²) in [5, 5.41) is 3.44. The molecule has 0 amide bonds. The second-order valence-electron chi connectivity index (χ2n) is 5.78. The van der Waals surface area contributed by atoms with Gasteiger partial charge >= 0.3 is 0 Å². The van der Waals surface area contributed by atoms with E-state index in [0.717, 1.165) is 26.1 Å². The molecule has 1 aromatic carbocycles. The first-order valence-corrected chi connectivity index (χ1v) is 7.69. The highest BCUT2D eigenvalue weighted by molar-refractivity contribution is 5.18. The lowest BCUT2D eigenvalue weighted by molar-refractivity contribution is 0.174. The third kappa shape index (κ3) is 5.61. The third-order valence-corrected chi connectivity index (χ3v) is 3.91. The van der Waals surface area contributed by atoms with Crippen LogP contribution in [0.2, 0.25) is 0 Å². The largest absolute Gasteiger partial charge is 0.313 e. The molecule has 3 heteroatoms. The van der Waals surface area contributed by atoms with Crippen molar-refractivity contribution in [1.82, 2.24) is 15.1 Å². The first-order chi connectivity index (χ1) is 9.58. The van der Waals surface area contributed by atoms with Gasteiger partial charge in [-0.3, -0.25) is 4.90 Å². The molecule has 0 aromatic heterocycles. The molecule has 0 heterocycles. The summed E-state index contributed by atoms with van der Waals surface area (Å²) >= 11 is 0. The number of benzene rings is 1. The van der Waals surface area contributed by atoms with Crippen molar-refractivity contribution in [2.24, 2.45) is 0 Å². The lowest BCUT2D eigenvalue weighted by Crippen LogP contribution is -2.41. The Morgan fingerprint density at radius 2 is 1.80 bits per heavy atom. The lowest BCUT2D eigenvalue weighted by Gasteiger charge is -2.31. The average Bonchev–Trinajstić information content (AvgIpc) is 2.44. The standard InChI is InChI=1S/C17H31N3/c1-6-20(15(2)14-19(4)5)13-12-17(18-3)16-10-8-7-9-11-16/h7-11,15,17-18H,6,12-14H2,1-5H3. The smallest absolute Gasteiger partial charge is 0.0329 e. The number of nitrogens with one attached hydrogen (secondary N) is 1. The van der Waals surface area contributed by atoms with E-state index >= 15 is 0 Å². The zero-order chi connectivity index (χ0) is 15.0. The Morgan fingerprint density at radius 3 is 2.30 bits per heavy atom. The molecule has 0 fully saturated rings. The Balaban J connectivity index is 2.53. The van der Waals surface area contributed by atoms with Gasteiger partial charge in [0.2, 0.25) is 0 Å². The van der Waals surface area contributed by atoms with Gasteiger partial charge < -0.3 is 10.2 Å². The van der Waals surface area contributed by atoms with Crippen molar-refractivity contribution < 1.29 is 0 Å². The topological polar surface area (TPSA) is 18.5 Å². The summed E-state index contributed by atoms with van der Waals surface area (Å²) in [5.41, 5.74) is 1.38. The van der Waals surface area contributed by atoms with Crippen LogP contribution in [0.3, 0.4) is 0 Å². The van der Waals surface area contributed by atoms with Crippen LogP contribution in [0, 0.1) is 0 Å². The molecule has 114 valence electrons. The van der Waals surface area contributed by atoms with Gasteiger partial charge in [-0.05, 0) is 46.6 Å². The van der Waals surface area contributed by atoms with Gasteiger partial charge in [-0.15, -0.1) is 0 Å². The maximum absolute atomic E-state index is 3.44. The zero-order valence-corrected chi connectivity index (χ0v) is 13.8. The van der Waals surface area contributed by atoms with Crippen molar-refractivity contribution in [1.29, 1.82) is 0 Å². The Bertz CT molecular complexity index is 351. The van der Waals surface area contributed by atoms with Gasteiger partial charge in [0.1, 0.15) is 0 Å². The van der Waals surface area contributed by atoms with Gasteiger partial charge in [0, 0.05) is 25.2 Å². The molecule has 0 bridgehead atoms. The Kier molecular flexibility index (Phi) is 7.82. The van der Waals surface area contributed by atoms with Gasteiger partial charge in [0.25, 0.3) is 0 Å². The summed E-state index contributed by atoms with van der Waals surface area (Å²) in [5.74, 6) is 0. The van der Waals surface area contributed by atoms with Gasteiger partial charge in [-0.1, -0.05) is 37.3 Å². The van der Waals surface area contributed by atoms with Crippen molar-refractivity contribution in [2.75, 3.05) is 40.8 Å². The first kappa shape index (κ1) is 17.2. The molecule has 0 aliphatic heterocycles. The van der Waals surface area contributed by atoms with Crippen LogP contribution in [0.25, 0.3) is 0 Å². The molecule has 0 spiro atoms. The summed E-state index contributed by atoms with van der Waals surface area (Å²) in [6.45, 7) is 7.93. The second kappa shape index (κ2) is 9.11. The van der Waals surface area contributed by atoms with E-state index in [1.54, 1.807) is 0 Å². The quantitative estimate of drug-likeness (QED) is 0.748. The van der Waals surface area contributed by atoms with Crippen molar-refractivity contribution in [2.45, 2.75) is 32.4 Å². The second-order valence-corrected chi connectivity index (χ2v) is 5.78. The zero-order valence-electron chi connectivity index (χ0n) is 13.8. The van der Waals surface area contributed by atoms with Crippen LogP contribution in [0.15, 0.2) is 30.3 Å². The van der Waals surface area contributed by atoms with Crippen LogP contribution >= 0.6 is 0 Å². The highest BCUT2D eigenvalue weighted by atomic mass is 15.2. The summed E-state index contributed by atoms with van der Waals surface area (Å²) in [6, 6.07) is 11.8. The van der Waals surface area contributed by atoms with Crippen molar-refractivity contribution >= 4 is 0 Å². The summed E-state index contributed by atoms with van der Waals surface area (Å²) < 4.78 is 0. The van der Waals surface area contributed by atoms with E-state index < -0.39 is 0 Å². The van der Waals surface area contributed by atoms with Gasteiger partial charge in [0.15, 0.2) is 0 Å². The number of hydrogen-bond donors (Lipinski definition) is 1. The lowest BCUT2D eigenvalue weighted by atomic mass is 10.0. The van der Waals surface area contributed by atoms with Gasteiger partial charge in [0.05, 0.1) is 0 Å². The molecule has 2 unspecified atom stereocenters. The number of nitrogens with zero attached hydrogens (tertiary/aromatic N) is 2. The first-order valence-electron chi connectivity index (χ1n) is 7.69. The molecule has 1 N–H and O–H groups in total. The fourth-order valence-electron chi connectivity index (χ4n) is 2.79. The molecule has 0 aliphatic rings. The van der Waals surface area contributed by atoms with E-state index in [2.05, 4.69) is 80.4 Å². The molecular weight excluding hydrogens is 246 g/mol. The minimum absolute atomic E-state index is 0.441. The van der Waals surface area contributed by atoms with E-state index in [9.17, 15) is 0 Å². The number of rotatable bonds is 9. The normalized spacial score (nSPS) is 14.8. The third-order valence-electron chi connectivity index (χ3n) is 3.91. The average molecular weight is 277 g/mol. The van der Waals surface area contributed by atoms with Crippen LogP contribution in [0.5, 0.6) is 0 Å². The van der Waals surface area contributed by atoms with Crippen LogP contribution in [0.4, 0.5) is 0 Å². The Hall–Kier alpha value is -0.900. The van der Waals surface area contributed by atoms with Gasteiger partial charge in [-0.2, -0.15) is 0 Å². The molecule has 0 saturated heterocycles. The molecule has 0 saturated carbocycles. The number of likely N-dealkylation sites (N-methyl/N-ethyl adjacent to an activating group) is 2. The van der Waals surface area contributed by atoms with Crippen LogP contribution < -0.4 is 5.32 Å². The predicted molar refractivity (Wildman–Crippen MR) is 88.1 cm³/mol. The van der Waals surface area contributed by atoms with Crippen molar-refractivity contribution in [3.8, 4) is 0 Å². The van der Waals surface area contributed by atoms with Crippen LogP contribution in [-0.4, -0.2) is 56.6 Å². The van der Waals surface area contributed by atoms with E-state index in [1.165, 1.54) is 5.56 Å². The maximum atomic E-state index is 3.44. The molecule has 0 radical (unpaired) electrons. The number of hydrogen-bond acceptors (Lipinski definition) is 3. The minimum atomic E-state index is 0.441. The fraction of sp³-hybridized carbons (Fsp3) is 0.647. The van der Waals surface area contributed by atoms with Crippen molar-refractivity contribution in [3.05, 3.63) is 35.9 Å². The SMILES string of the molecule is CCN(CCC(NC)c1ccccc1)C(C)CN(C)C. The molecule has 2 atom stereocenters. The monoisotopic (exact) mass is 277 g/mol. The fourth-order valence-corrected chi connectivity index (χ4v) is 2.79. The van der Waals surface area contributed by atoms with Crippen LogP contribution in [0.1, 0.15) is 31.9 Å². The molecule has 3 nitrogen and oxygen atoms in total. The van der Waals surface area contributed by atoms with E-state index in [-0.39, 0.29) is 0 Å². The summed E-state index contributed by atoms with van der Waals surface area (Å²) in [4.78, 5) is 4.83. The summed E-state index contributed by atoms with van der Waals surface area (Å²) in [7, 11) is 6.34. The van der Waals surface area contributed by atoms with E-state index in [0.29, 0.717) is 12.1 Å². The molecule has 1 aromatic rings. The summed E-state index contributed by atoms with van der Waals surface area (Å²) in [6.07, 6.45) is 1.14. The highest BCUT2D eigenvalue weighted by Gasteiger charge is 2.15. The maximum Gasteiger partial charge on any atom is 0.0329 e. The highest BCUT2D eigenvalue weighted by Crippen LogP contribution is 2.17. The Labute approximate surface area is 125 Å². The molecule has 0 aliphatic carbocycles. The van der Waals surface area contributed by atoms with E-state index in [4.69, 9.17) is 0 Å². The van der Waals surface area contributed by atoms with E-state index in [1.807, 2.05) is 0 Å².